The first-order chi connectivity index (χ1) is 16.4. The maximum atomic E-state index is 13.1. The largest absolute Gasteiger partial charge is 0.371 e. The minimum absolute atomic E-state index is 0.394. The van der Waals surface area contributed by atoms with E-state index in [-0.39, 0.29) is 0 Å². The Balaban J connectivity index is 1.34. The van der Waals surface area contributed by atoms with Crippen LogP contribution >= 0.6 is 0 Å². The van der Waals surface area contributed by atoms with Crippen molar-refractivity contribution in [3.05, 3.63) is 30.2 Å². The second-order valence-electron chi connectivity index (χ2n) is 9.68. The van der Waals surface area contributed by atoms with Gasteiger partial charge in [-0.05, 0) is 69.1 Å². The van der Waals surface area contributed by atoms with Crippen LogP contribution in [-0.4, -0.2) is 48.6 Å². The number of rotatable bonds is 6. The summed E-state index contributed by atoms with van der Waals surface area (Å²) < 4.78 is 29.5. The number of halogens is 2. The zero-order valence-corrected chi connectivity index (χ0v) is 19.4. The zero-order chi connectivity index (χ0) is 23.4. The highest BCUT2D eigenvalue weighted by Crippen LogP contribution is 2.56. The third kappa shape index (κ3) is 3.65. The third-order valence-corrected chi connectivity index (χ3v) is 7.46. The number of imidazole rings is 1. The van der Waals surface area contributed by atoms with Gasteiger partial charge in [-0.1, -0.05) is 0 Å². The maximum absolute atomic E-state index is 13.1. The number of alkyl halides is 2. The molecule has 0 radical (unpaired) electrons. The van der Waals surface area contributed by atoms with Crippen molar-refractivity contribution < 1.29 is 8.78 Å². The predicted molar refractivity (Wildman–Crippen MR) is 127 cm³/mol. The first-order valence-corrected chi connectivity index (χ1v) is 11.9. The molecule has 0 amide bonds. The van der Waals surface area contributed by atoms with E-state index in [0.717, 1.165) is 23.9 Å². The normalized spacial score (nSPS) is 17.8. The predicted octanol–water partition coefficient (Wildman–Crippen LogP) is 4.89. The van der Waals surface area contributed by atoms with Crippen molar-refractivity contribution in [2.75, 3.05) is 17.7 Å². The Labute approximate surface area is 195 Å². The van der Waals surface area contributed by atoms with Crippen molar-refractivity contribution in [1.82, 2.24) is 29.1 Å². The average Bonchev–Trinajstić information content (AvgIpc) is 3.32. The lowest BCUT2D eigenvalue weighted by molar-refractivity contribution is 0.127. The second kappa shape index (κ2) is 7.89. The van der Waals surface area contributed by atoms with Crippen molar-refractivity contribution in [2.24, 2.45) is 5.41 Å². The number of aromatic nitrogens is 6. The molecule has 4 aromatic heterocycles. The zero-order valence-electron chi connectivity index (χ0n) is 19.4. The molecule has 0 bridgehead atoms. The van der Waals surface area contributed by atoms with E-state index in [9.17, 15) is 8.78 Å². The average molecular weight is 467 g/mol. The van der Waals surface area contributed by atoms with Crippen LogP contribution < -0.4 is 10.6 Å². The lowest BCUT2D eigenvalue weighted by Gasteiger charge is -2.29. The van der Waals surface area contributed by atoms with Crippen LogP contribution in [0.4, 0.5) is 20.5 Å². The summed E-state index contributed by atoms with van der Waals surface area (Å²) in [6.45, 7) is 1.28. The number of aryl methyl sites for hydroxylation is 1. The summed E-state index contributed by atoms with van der Waals surface area (Å²) in [7, 11) is 1.83. The Morgan fingerprint density at radius 1 is 1.09 bits per heavy atom. The SMILES string of the molecule is CNc1nc(NC2CCC3(CC2)CC3)nn2ccc(-c3ccc4nc(C)n(CC(F)F)c4n3)c12. The van der Waals surface area contributed by atoms with Gasteiger partial charge in [0.25, 0.3) is 6.43 Å². The fourth-order valence-corrected chi connectivity index (χ4v) is 5.32. The highest BCUT2D eigenvalue weighted by atomic mass is 19.3. The molecule has 178 valence electrons. The van der Waals surface area contributed by atoms with Gasteiger partial charge in [0.05, 0.1) is 12.2 Å². The summed E-state index contributed by atoms with van der Waals surface area (Å²) >= 11 is 0. The van der Waals surface area contributed by atoms with Crippen LogP contribution in [0.5, 0.6) is 0 Å². The van der Waals surface area contributed by atoms with E-state index in [1.807, 2.05) is 31.4 Å². The van der Waals surface area contributed by atoms with Crippen LogP contribution in [-0.2, 0) is 6.54 Å². The molecule has 1 spiro atoms. The Morgan fingerprint density at radius 3 is 2.59 bits per heavy atom. The van der Waals surface area contributed by atoms with Crippen molar-refractivity contribution in [3.8, 4) is 11.3 Å². The second-order valence-corrected chi connectivity index (χ2v) is 9.68. The molecule has 2 aliphatic carbocycles. The molecule has 0 aromatic carbocycles. The van der Waals surface area contributed by atoms with Gasteiger partial charge in [0.15, 0.2) is 11.5 Å². The topological polar surface area (TPSA) is 85.0 Å². The van der Waals surface area contributed by atoms with Gasteiger partial charge in [-0.15, -0.1) is 5.10 Å². The molecular weight excluding hydrogens is 438 g/mol. The molecule has 6 rings (SSSR count). The number of nitrogens with one attached hydrogen (secondary N) is 2. The molecule has 0 unspecified atom stereocenters. The minimum Gasteiger partial charge on any atom is -0.371 e. The summed E-state index contributed by atoms with van der Waals surface area (Å²) in [5, 5.41) is 11.4. The molecule has 2 aliphatic rings. The third-order valence-electron chi connectivity index (χ3n) is 7.46. The lowest BCUT2D eigenvalue weighted by Crippen LogP contribution is -2.28. The summed E-state index contributed by atoms with van der Waals surface area (Å²) in [5.41, 5.74) is 3.97. The van der Waals surface area contributed by atoms with Crippen LogP contribution in [0.15, 0.2) is 24.4 Å². The van der Waals surface area contributed by atoms with Gasteiger partial charge in [0.1, 0.15) is 16.9 Å². The molecule has 0 saturated heterocycles. The number of fused-ring (bicyclic) bond motifs is 2. The monoisotopic (exact) mass is 466 g/mol. The Bertz CT molecular complexity index is 1360. The lowest BCUT2D eigenvalue weighted by atomic mass is 9.83. The Hall–Kier alpha value is -3.30. The Kier molecular flexibility index (Phi) is 4.93. The number of hydrogen-bond donors (Lipinski definition) is 2. The molecule has 34 heavy (non-hydrogen) atoms. The molecule has 2 fully saturated rings. The maximum Gasteiger partial charge on any atom is 0.256 e. The number of pyridine rings is 1. The van der Waals surface area contributed by atoms with Gasteiger partial charge in [0, 0.05) is 24.8 Å². The van der Waals surface area contributed by atoms with E-state index in [0.29, 0.717) is 45.9 Å². The van der Waals surface area contributed by atoms with E-state index in [1.165, 1.54) is 30.3 Å². The van der Waals surface area contributed by atoms with Crippen LogP contribution in [0.3, 0.4) is 0 Å². The number of anilines is 2. The van der Waals surface area contributed by atoms with Gasteiger partial charge in [0.2, 0.25) is 5.95 Å². The van der Waals surface area contributed by atoms with Crippen molar-refractivity contribution in [3.63, 3.8) is 0 Å². The summed E-state index contributed by atoms with van der Waals surface area (Å²) in [4.78, 5) is 13.8. The molecule has 4 heterocycles. The smallest absolute Gasteiger partial charge is 0.256 e. The molecule has 10 heteroatoms. The van der Waals surface area contributed by atoms with E-state index in [2.05, 4.69) is 15.6 Å². The molecule has 0 atom stereocenters. The number of hydrogen-bond acceptors (Lipinski definition) is 6. The molecule has 0 aliphatic heterocycles. The fourth-order valence-electron chi connectivity index (χ4n) is 5.32. The van der Waals surface area contributed by atoms with E-state index in [4.69, 9.17) is 15.1 Å². The molecule has 8 nitrogen and oxygen atoms in total. The van der Waals surface area contributed by atoms with Gasteiger partial charge >= 0.3 is 0 Å². The summed E-state index contributed by atoms with van der Waals surface area (Å²) in [5.74, 6) is 1.81. The van der Waals surface area contributed by atoms with E-state index < -0.39 is 13.0 Å². The van der Waals surface area contributed by atoms with Gasteiger partial charge in [-0.2, -0.15) is 4.98 Å². The van der Waals surface area contributed by atoms with Crippen molar-refractivity contribution in [1.29, 1.82) is 0 Å². The van der Waals surface area contributed by atoms with Crippen LogP contribution in [0.1, 0.15) is 44.3 Å². The molecular formula is C24H28F2N8. The standard InChI is InChI=1S/C24H28F2N8/c1-14-28-18-4-3-17(30-22(18)33(14)13-19(25)26)16-7-12-34-20(16)21(27-2)31-23(32-34)29-15-5-8-24(9-6-15)10-11-24/h3-4,7,12,15,19H,5-6,8-11,13H2,1-2H3,(H2,27,29,31,32). The van der Waals surface area contributed by atoms with Gasteiger partial charge in [-0.25, -0.2) is 23.3 Å². The van der Waals surface area contributed by atoms with Crippen molar-refractivity contribution in [2.45, 2.75) is 64.5 Å². The summed E-state index contributed by atoms with van der Waals surface area (Å²) in [6.07, 6.45) is 7.06. The highest BCUT2D eigenvalue weighted by Gasteiger charge is 2.44. The van der Waals surface area contributed by atoms with Gasteiger partial charge in [-0.3, -0.25) is 0 Å². The fraction of sp³-hybridized carbons (Fsp3) is 0.500. The molecule has 2 saturated carbocycles. The first-order valence-electron chi connectivity index (χ1n) is 11.9. The molecule has 2 N–H and O–H groups in total. The minimum atomic E-state index is -2.48. The van der Waals surface area contributed by atoms with Crippen LogP contribution in [0.2, 0.25) is 0 Å². The van der Waals surface area contributed by atoms with Crippen LogP contribution in [0, 0.1) is 12.3 Å². The van der Waals surface area contributed by atoms with Gasteiger partial charge < -0.3 is 15.2 Å². The van der Waals surface area contributed by atoms with E-state index in [1.54, 1.807) is 11.4 Å². The Morgan fingerprint density at radius 2 is 1.88 bits per heavy atom. The summed E-state index contributed by atoms with van der Waals surface area (Å²) in [6, 6.07) is 6.01. The first kappa shape index (κ1) is 21.2. The number of nitrogens with zero attached hydrogens (tertiary/aromatic N) is 6. The van der Waals surface area contributed by atoms with Crippen LogP contribution in [0.25, 0.3) is 27.9 Å². The quantitative estimate of drug-likeness (QED) is 0.421. The highest BCUT2D eigenvalue weighted by molar-refractivity contribution is 5.89. The molecule has 4 aromatic rings. The van der Waals surface area contributed by atoms with E-state index >= 15 is 0 Å². The van der Waals surface area contributed by atoms with Crippen molar-refractivity contribution >= 4 is 28.4 Å².